The molecule has 0 saturated heterocycles. The van der Waals surface area contributed by atoms with Gasteiger partial charge in [-0.2, -0.15) is 18.2 Å². The smallest absolute Gasteiger partial charge is 0 e. The Bertz CT molecular complexity index is 75.8. The van der Waals surface area contributed by atoms with Crippen LogP contribution in [-0.4, -0.2) is 21.1 Å². The molecule has 0 unspecified atom stereocenters. The summed E-state index contributed by atoms with van der Waals surface area (Å²) in [4.78, 5) is 4.63. The fourth-order valence-corrected chi connectivity index (χ4v) is 0.321. The summed E-state index contributed by atoms with van der Waals surface area (Å²) in [6.07, 6.45) is 0. The van der Waals surface area contributed by atoms with Crippen LogP contribution in [0.2, 0.25) is 9.88 Å². The van der Waals surface area contributed by atoms with E-state index >= 15 is 0 Å². The fourth-order valence-electron chi connectivity index (χ4n) is 0.321. The van der Waals surface area contributed by atoms with Crippen molar-refractivity contribution >= 4 is 21.1 Å². The second-order valence-corrected chi connectivity index (χ2v) is 4.84. The summed E-state index contributed by atoms with van der Waals surface area (Å²) in [5, 5.41) is 0. The van der Waals surface area contributed by atoms with Gasteiger partial charge in [-0.1, -0.05) is 0 Å². The van der Waals surface area contributed by atoms with Gasteiger partial charge >= 0.3 is 31.0 Å². The van der Waals surface area contributed by atoms with E-state index in [4.69, 9.17) is 0 Å². The zero-order chi connectivity index (χ0) is 6.24. The van der Waals surface area contributed by atoms with Gasteiger partial charge in [0.15, 0.2) is 0 Å². The first kappa shape index (κ1) is 12.7. The average Bonchev–Trinajstić information content (AvgIpc) is 2.17. The summed E-state index contributed by atoms with van der Waals surface area (Å²) in [5.41, 5.74) is 0. The fraction of sp³-hybridized carbons (Fsp3) is 0.286. The van der Waals surface area contributed by atoms with Gasteiger partial charge in [0.1, 0.15) is 0 Å². The molecule has 0 nitrogen and oxygen atoms in total. The largest absolute Gasteiger partial charge is 0.214 e. The van der Waals surface area contributed by atoms with Gasteiger partial charge in [-0.15, -0.1) is 0 Å². The maximum atomic E-state index is 2.32. The molecule has 1 radical (unpaired) electrons. The van der Waals surface area contributed by atoms with Crippen LogP contribution in [0.1, 0.15) is 0 Å². The summed E-state index contributed by atoms with van der Waals surface area (Å²) < 4.78 is 0. The molecule has 1 rings (SSSR count). The molecule has 0 N–H and O–H groups in total. The van der Waals surface area contributed by atoms with Gasteiger partial charge in [0.25, 0.3) is 0 Å². The molecule has 0 amide bonds. The Morgan fingerprint density at radius 1 is 1.11 bits per heavy atom. The van der Waals surface area contributed by atoms with Gasteiger partial charge in [-0.05, 0) is 0 Å². The predicted octanol–water partition coefficient (Wildman–Crippen LogP) is 1.92. The number of rotatable bonds is 0. The summed E-state index contributed by atoms with van der Waals surface area (Å²) in [6, 6.07) is 10.0. The van der Waals surface area contributed by atoms with E-state index in [0.717, 1.165) is 0 Å². The first-order valence-electron chi connectivity index (χ1n) is 2.82. The summed E-state index contributed by atoms with van der Waals surface area (Å²) in [7, 11) is 0. The molecular formula is C7H12SnZr-. The first-order valence-corrected chi connectivity index (χ1v) is 9.41. The van der Waals surface area contributed by atoms with Gasteiger partial charge < -0.3 is 0 Å². The Morgan fingerprint density at radius 2 is 1.44 bits per heavy atom. The van der Waals surface area contributed by atoms with Crippen molar-refractivity contribution in [3.8, 4) is 0 Å². The van der Waals surface area contributed by atoms with E-state index in [1.807, 2.05) is 30.3 Å². The van der Waals surface area contributed by atoms with Crippen molar-refractivity contribution in [1.82, 2.24) is 0 Å². The summed E-state index contributed by atoms with van der Waals surface area (Å²) in [6.45, 7) is 0. The van der Waals surface area contributed by atoms with Gasteiger partial charge in [0.05, 0.1) is 0 Å². The average molecular weight is 306 g/mol. The topological polar surface area (TPSA) is 0 Å². The summed E-state index contributed by atoms with van der Waals surface area (Å²) >= 11 is 0.110. The molecule has 0 fully saturated rings. The minimum Gasteiger partial charge on any atom is -0.214 e. The van der Waals surface area contributed by atoms with E-state index in [-0.39, 0.29) is 47.3 Å². The summed E-state index contributed by atoms with van der Waals surface area (Å²) in [5.74, 6) is 0. The minimum atomic E-state index is 0. The Morgan fingerprint density at radius 3 is 1.56 bits per heavy atom. The zero-order valence-corrected chi connectivity index (χ0v) is 11.7. The van der Waals surface area contributed by atoms with Crippen LogP contribution in [0, 0.1) is 0 Å². The van der Waals surface area contributed by atoms with Crippen LogP contribution < -0.4 is 0 Å². The van der Waals surface area contributed by atoms with Crippen LogP contribution in [0.3, 0.4) is 0 Å². The Balaban J connectivity index is 0. The second kappa shape index (κ2) is 11.8. The zero-order valence-electron chi connectivity index (χ0n) is 5.96. The molecule has 0 heterocycles. The van der Waals surface area contributed by atoms with E-state index in [2.05, 4.69) is 9.88 Å². The van der Waals surface area contributed by atoms with Gasteiger partial charge in [0, 0.05) is 26.2 Å². The van der Waals surface area contributed by atoms with Gasteiger partial charge in [-0.25, -0.2) is 12.1 Å². The van der Waals surface area contributed by atoms with E-state index < -0.39 is 0 Å². The molecule has 0 aliphatic heterocycles. The molecule has 9 heavy (non-hydrogen) atoms. The van der Waals surface area contributed by atoms with Crippen LogP contribution in [0.5, 0.6) is 0 Å². The molecule has 2 heteroatoms. The molecule has 0 aromatic heterocycles. The molecular weight excluding hydrogens is 294 g/mol. The second-order valence-electron chi connectivity index (χ2n) is 1.54. The van der Waals surface area contributed by atoms with Crippen molar-refractivity contribution in [1.29, 1.82) is 0 Å². The SMILES string of the molecule is [CH3][SnH][CH3].[Zr].c1cc[cH-]c1. The van der Waals surface area contributed by atoms with Crippen molar-refractivity contribution in [3.05, 3.63) is 30.3 Å². The molecule has 0 atom stereocenters. The third-order valence-electron chi connectivity index (χ3n) is 0.556. The van der Waals surface area contributed by atoms with E-state index in [0.29, 0.717) is 0 Å². The van der Waals surface area contributed by atoms with Crippen molar-refractivity contribution in [3.63, 3.8) is 0 Å². The van der Waals surface area contributed by atoms with Crippen molar-refractivity contribution < 1.29 is 26.2 Å². The normalized spacial score (nSPS) is 6.44. The third-order valence-corrected chi connectivity index (χ3v) is 0.556. The molecule has 1 aromatic rings. The number of hydrogen-bond donors (Lipinski definition) is 0. The van der Waals surface area contributed by atoms with E-state index in [1.165, 1.54) is 0 Å². The monoisotopic (exact) mass is 306 g/mol. The van der Waals surface area contributed by atoms with Crippen LogP contribution in [0.15, 0.2) is 30.3 Å². The van der Waals surface area contributed by atoms with Crippen LogP contribution in [0.4, 0.5) is 0 Å². The maximum Gasteiger partial charge on any atom is 0 e. The van der Waals surface area contributed by atoms with Gasteiger partial charge in [-0.3, -0.25) is 0 Å². The molecule has 0 spiro atoms. The number of hydrogen-bond acceptors (Lipinski definition) is 0. The quantitative estimate of drug-likeness (QED) is 0.507. The van der Waals surface area contributed by atoms with Gasteiger partial charge in [0.2, 0.25) is 0 Å². The van der Waals surface area contributed by atoms with Crippen LogP contribution in [0.25, 0.3) is 0 Å². The minimum absolute atomic E-state index is 0. The Labute approximate surface area is 86.7 Å². The maximum absolute atomic E-state index is 2.32. The molecule has 49 valence electrons. The van der Waals surface area contributed by atoms with E-state index in [1.54, 1.807) is 0 Å². The molecule has 0 aliphatic carbocycles. The molecule has 0 aliphatic rings. The Hall–Kier alpha value is 1.03. The third kappa shape index (κ3) is 12.3. The van der Waals surface area contributed by atoms with E-state index in [9.17, 15) is 0 Å². The standard InChI is InChI=1S/C5H5.2CH3.Sn.Zr.H/c1-2-4-5-3-1;;;;;/h1-5H;2*1H3;;;/q-1;;;;;. The van der Waals surface area contributed by atoms with Crippen molar-refractivity contribution in [2.75, 3.05) is 0 Å². The van der Waals surface area contributed by atoms with Crippen molar-refractivity contribution in [2.45, 2.75) is 9.88 Å². The van der Waals surface area contributed by atoms with Crippen LogP contribution >= 0.6 is 0 Å². The first-order chi connectivity index (χ1) is 3.91. The van der Waals surface area contributed by atoms with Crippen LogP contribution in [-0.2, 0) is 26.2 Å². The molecule has 0 bridgehead atoms. The molecule has 1 aromatic carbocycles. The predicted molar refractivity (Wildman–Crippen MR) is 40.9 cm³/mol. The van der Waals surface area contributed by atoms with Crippen molar-refractivity contribution in [2.24, 2.45) is 0 Å². The Kier molecular flexibility index (Phi) is 16.6. The molecule has 0 saturated carbocycles.